The Labute approximate surface area is 149 Å². The maximum Gasteiger partial charge on any atom is 0.411 e. The standard InChI is InChI=1S/C20H27N3O2/c1-6-25-20(24)22-15-10-11-18(21-12-15)23-19-16(13(2)3)8-7-9-17(19)14(4)5/h7-14H,6H2,1-5H3,(H,21,23)(H,22,24). The summed E-state index contributed by atoms with van der Waals surface area (Å²) in [5.74, 6) is 1.56. The second-order valence-corrected chi connectivity index (χ2v) is 6.52. The molecule has 0 aliphatic carbocycles. The van der Waals surface area contributed by atoms with Crippen LogP contribution in [-0.4, -0.2) is 17.7 Å². The summed E-state index contributed by atoms with van der Waals surface area (Å²) in [5, 5.41) is 6.10. The third kappa shape index (κ3) is 4.95. The number of anilines is 3. The molecule has 5 heteroatoms. The van der Waals surface area contributed by atoms with Gasteiger partial charge in [0.1, 0.15) is 5.82 Å². The summed E-state index contributed by atoms with van der Waals surface area (Å²) in [5.41, 5.74) is 4.25. The van der Waals surface area contributed by atoms with Gasteiger partial charge >= 0.3 is 6.09 Å². The molecule has 5 nitrogen and oxygen atoms in total. The molecule has 2 aromatic rings. The summed E-state index contributed by atoms with van der Waals surface area (Å²) >= 11 is 0. The van der Waals surface area contributed by atoms with E-state index in [1.54, 1.807) is 19.2 Å². The fourth-order valence-corrected chi connectivity index (χ4v) is 2.65. The number of hydrogen-bond donors (Lipinski definition) is 2. The Kier molecular flexibility index (Phi) is 6.39. The van der Waals surface area contributed by atoms with Crippen molar-refractivity contribution in [2.75, 3.05) is 17.2 Å². The lowest BCUT2D eigenvalue weighted by atomic mass is 9.92. The van der Waals surface area contributed by atoms with Crippen molar-refractivity contribution >= 4 is 23.3 Å². The Balaban J connectivity index is 2.23. The number of nitrogens with zero attached hydrogens (tertiary/aromatic N) is 1. The van der Waals surface area contributed by atoms with Gasteiger partial charge in [-0.25, -0.2) is 9.78 Å². The Morgan fingerprint density at radius 3 is 2.20 bits per heavy atom. The molecule has 0 aliphatic heterocycles. The quantitative estimate of drug-likeness (QED) is 0.713. The topological polar surface area (TPSA) is 63.2 Å². The van der Waals surface area contributed by atoms with E-state index in [0.717, 1.165) is 11.5 Å². The zero-order chi connectivity index (χ0) is 18.4. The van der Waals surface area contributed by atoms with Crippen LogP contribution < -0.4 is 10.6 Å². The minimum Gasteiger partial charge on any atom is -0.450 e. The molecule has 1 amide bonds. The first-order valence-corrected chi connectivity index (χ1v) is 8.72. The van der Waals surface area contributed by atoms with Crippen LogP contribution in [0.4, 0.5) is 22.0 Å². The number of amides is 1. The van der Waals surface area contributed by atoms with E-state index in [2.05, 4.69) is 61.5 Å². The maximum absolute atomic E-state index is 11.5. The van der Waals surface area contributed by atoms with Gasteiger partial charge in [0.05, 0.1) is 18.5 Å². The minimum absolute atomic E-state index is 0.336. The number of aromatic nitrogens is 1. The van der Waals surface area contributed by atoms with Crippen LogP contribution in [0.15, 0.2) is 36.5 Å². The Morgan fingerprint density at radius 2 is 1.72 bits per heavy atom. The fourth-order valence-electron chi connectivity index (χ4n) is 2.65. The van der Waals surface area contributed by atoms with E-state index in [0.29, 0.717) is 24.1 Å². The van der Waals surface area contributed by atoms with Gasteiger partial charge in [-0.05, 0) is 42.0 Å². The van der Waals surface area contributed by atoms with E-state index >= 15 is 0 Å². The number of pyridine rings is 1. The Hall–Kier alpha value is -2.56. The number of carbonyl (C=O) groups is 1. The predicted octanol–water partition coefficient (Wildman–Crippen LogP) is 5.64. The average molecular weight is 341 g/mol. The van der Waals surface area contributed by atoms with E-state index in [1.807, 2.05) is 6.07 Å². The minimum atomic E-state index is -0.475. The maximum atomic E-state index is 11.5. The van der Waals surface area contributed by atoms with Crippen molar-refractivity contribution in [3.63, 3.8) is 0 Å². The second-order valence-electron chi connectivity index (χ2n) is 6.52. The van der Waals surface area contributed by atoms with Gasteiger partial charge in [-0.1, -0.05) is 45.9 Å². The summed E-state index contributed by atoms with van der Waals surface area (Å²) in [6.45, 7) is 10.8. The summed E-state index contributed by atoms with van der Waals surface area (Å²) in [4.78, 5) is 15.9. The van der Waals surface area contributed by atoms with Gasteiger partial charge in [0, 0.05) is 5.69 Å². The molecule has 0 radical (unpaired) electrons. The first-order valence-electron chi connectivity index (χ1n) is 8.72. The summed E-state index contributed by atoms with van der Waals surface area (Å²) in [6.07, 6.45) is 1.14. The molecule has 2 rings (SSSR count). The van der Waals surface area contributed by atoms with Crippen LogP contribution >= 0.6 is 0 Å². The van der Waals surface area contributed by atoms with E-state index in [4.69, 9.17) is 4.74 Å². The molecule has 0 bridgehead atoms. The molecule has 1 aromatic heterocycles. The molecule has 0 aliphatic rings. The average Bonchev–Trinajstić information content (AvgIpc) is 2.56. The molecule has 2 N–H and O–H groups in total. The van der Waals surface area contributed by atoms with Crippen LogP contribution in [0.1, 0.15) is 57.6 Å². The van der Waals surface area contributed by atoms with Crippen LogP contribution in [-0.2, 0) is 4.74 Å². The van der Waals surface area contributed by atoms with Crippen LogP contribution in [0.2, 0.25) is 0 Å². The van der Waals surface area contributed by atoms with Gasteiger partial charge in [-0.3, -0.25) is 5.32 Å². The van der Waals surface area contributed by atoms with E-state index in [-0.39, 0.29) is 0 Å². The van der Waals surface area contributed by atoms with Gasteiger partial charge < -0.3 is 10.1 Å². The van der Waals surface area contributed by atoms with Crippen molar-refractivity contribution in [3.05, 3.63) is 47.7 Å². The molecule has 1 heterocycles. The lowest BCUT2D eigenvalue weighted by molar-refractivity contribution is 0.168. The van der Waals surface area contributed by atoms with Crippen molar-refractivity contribution in [1.82, 2.24) is 4.98 Å². The molecule has 0 saturated heterocycles. The molecule has 0 unspecified atom stereocenters. The highest BCUT2D eigenvalue weighted by Gasteiger charge is 2.14. The predicted molar refractivity (Wildman–Crippen MR) is 103 cm³/mol. The summed E-state index contributed by atoms with van der Waals surface area (Å²) in [7, 11) is 0. The van der Waals surface area contributed by atoms with Crippen molar-refractivity contribution < 1.29 is 9.53 Å². The Morgan fingerprint density at radius 1 is 1.08 bits per heavy atom. The van der Waals surface area contributed by atoms with Crippen LogP contribution in [0.25, 0.3) is 0 Å². The van der Waals surface area contributed by atoms with Gasteiger partial charge in [0.2, 0.25) is 0 Å². The van der Waals surface area contributed by atoms with Crippen LogP contribution in [0.5, 0.6) is 0 Å². The molecule has 0 saturated carbocycles. The normalized spacial score (nSPS) is 10.8. The highest BCUT2D eigenvalue weighted by atomic mass is 16.5. The third-order valence-electron chi connectivity index (χ3n) is 3.91. The molecular formula is C20H27N3O2. The zero-order valence-corrected chi connectivity index (χ0v) is 15.6. The summed E-state index contributed by atoms with van der Waals surface area (Å²) < 4.78 is 4.86. The smallest absolute Gasteiger partial charge is 0.411 e. The van der Waals surface area contributed by atoms with Crippen molar-refractivity contribution in [2.45, 2.75) is 46.5 Å². The number of benzene rings is 1. The largest absolute Gasteiger partial charge is 0.450 e. The van der Waals surface area contributed by atoms with Gasteiger partial charge in [-0.15, -0.1) is 0 Å². The van der Waals surface area contributed by atoms with Crippen molar-refractivity contribution in [3.8, 4) is 0 Å². The molecule has 0 atom stereocenters. The molecule has 0 spiro atoms. The number of rotatable bonds is 6. The number of ether oxygens (including phenoxy) is 1. The highest BCUT2D eigenvalue weighted by Crippen LogP contribution is 2.34. The molecule has 25 heavy (non-hydrogen) atoms. The highest BCUT2D eigenvalue weighted by molar-refractivity contribution is 5.84. The lowest BCUT2D eigenvalue weighted by Crippen LogP contribution is -2.13. The van der Waals surface area contributed by atoms with E-state index in [1.165, 1.54) is 11.1 Å². The van der Waals surface area contributed by atoms with Crippen molar-refractivity contribution in [1.29, 1.82) is 0 Å². The molecule has 1 aromatic carbocycles. The molecular weight excluding hydrogens is 314 g/mol. The number of hydrogen-bond acceptors (Lipinski definition) is 4. The van der Waals surface area contributed by atoms with Gasteiger partial charge in [0.15, 0.2) is 0 Å². The van der Waals surface area contributed by atoms with Crippen LogP contribution in [0, 0.1) is 0 Å². The lowest BCUT2D eigenvalue weighted by Gasteiger charge is -2.20. The number of carbonyl (C=O) groups excluding carboxylic acids is 1. The molecule has 0 fully saturated rings. The monoisotopic (exact) mass is 341 g/mol. The van der Waals surface area contributed by atoms with E-state index < -0.39 is 6.09 Å². The SMILES string of the molecule is CCOC(=O)Nc1ccc(Nc2c(C(C)C)cccc2C(C)C)nc1. The van der Waals surface area contributed by atoms with Crippen LogP contribution in [0.3, 0.4) is 0 Å². The van der Waals surface area contributed by atoms with Gasteiger partial charge in [0.25, 0.3) is 0 Å². The fraction of sp³-hybridized carbons (Fsp3) is 0.400. The summed E-state index contributed by atoms with van der Waals surface area (Å²) in [6, 6.07) is 10.1. The number of nitrogens with one attached hydrogen (secondary N) is 2. The molecule has 134 valence electrons. The second kappa shape index (κ2) is 8.51. The van der Waals surface area contributed by atoms with Gasteiger partial charge in [-0.2, -0.15) is 0 Å². The first kappa shape index (κ1) is 18.8. The van der Waals surface area contributed by atoms with Crippen molar-refractivity contribution in [2.24, 2.45) is 0 Å². The zero-order valence-electron chi connectivity index (χ0n) is 15.6. The van der Waals surface area contributed by atoms with E-state index in [9.17, 15) is 4.79 Å². The first-order chi connectivity index (χ1) is 11.9. The number of para-hydroxylation sites is 1. The Bertz CT molecular complexity index is 683. The third-order valence-corrected chi connectivity index (χ3v) is 3.91.